The molecule has 0 amide bonds. The average molecular weight is 223 g/mol. The first-order valence-corrected chi connectivity index (χ1v) is 5.27. The molecule has 0 aliphatic heterocycles. The van der Waals surface area contributed by atoms with E-state index in [1.165, 1.54) is 18.1 Å². The number of carbonyl (C=O) groups is 1. The third kappa shape index (κ3) is 1.94. The summed E-state index contributed by atoms with van der Waals surface area (Å²) in [5.74, 6) is -0.830. The van der Waals surface area contributed by atoms with Crippen LogP contribution in [0.25, 0.3) is 11.0 Å². The van der Waals surface area contributed by atoms with Gasteiger partial charge in [0.2, 0.25) is 0 Å². The molecule has 0 saturated carbocycles. The van der Waals surface area contributed by atoms with E-state index in [1.807, 2.05) is 23.9 Å². The largest absolute Gasteiger partial charge is 0.481 e. The van der Waals surface area contributed by atoms with Crippen molar-refractivity contribution in [3.05, 3.63) is 18.6 Å². The van der Waals surface area contributed by atoms with Gasteiger partial charge < -0.3 is 9.67 Å². The molecule has 0 aliphatic carbocycles. The Balaban J connectivity index is 2.38. The van der Waals surface area contributed by atoms with Gasteiger partial charge in [0.15, 0.2) is 0 Å². The fourth-order valence-electron chi connectivity index (χ4n) is 1.30. The number of aryl methyl sites for hydroxylation is 1. The van der Waals surface area contributed by atoms with Crippen LogP contribution in [0, 0.1) is 0 Å². The summed E-state index contributed by atoms with van der Waals surface area (Å²) in [6.45, 7) is 0. The van der Waals surface area contributed by atoms with Crippen LogP contribution in [0.15, 0.2) is 23.6 Å². The maximum Gasteiger partial charge on any atom is 0.313 e. The number of nitrogens with zero attached hydrogens (tertiary/aromatic N) is 3. The van der Waals surface area contributed by atoms with Gasteiger partial charge in [-0.15, -0.1) is 0 Å². The fourth-order valence-corrected chi connectivity index (χ4v) is 2.00. The molecule has 2 aromatic heterocycles. The smallest absolute Gasteiger partial charge is 0.313 e. The Bertz CT molecular complexity index is 509. The Kier molecular flexibility index (Phi) is 2.59. The van der Waals surface area contributed by atoms with Gasteiger partial charge in [-0.3, -0.25) is 4.79 Å². The number of hydrogen-bond acceptors (Lipinski definition) is 4. The minimum absolute atomic E-state index is 0.0149. The lowest BCUT2D eigenvalue weighted by Gasteiger charge is -1.99. The highest BCUT2D eigenvalue weighted by atomic mass is 32.2. The van der Waals surface area contributed by atoms with Crippen molar-refractivity contribution in [2.75, 3.05) is 5.75 Å². The Labute approximate surface area is 90.1 Å². The van der Waals surface area contributed by atoms with Crippen LogP contribution in [0.4, 0.5) is 0 Å². The molecule has 15 heavy (non-hydrogen) atoms. The van der Waals surface area contributed by atoms with Crippen molar-refractivity contribution in [2.45, 2.75) is 5.03 Å². The number of aromatic nitrogens is 3. The summed E-state index contributed by atoms with van der Waals surface area (Å²) in [5.41, 5.74) is 0.817. The Morgan fingerprint density at radius 2 is 2.40 bits per heavy atom. The van der Waals surface area contributed by atoms with E-state index in [0.29, 0.717) is 5.03 Å². The molecule has 0 unspecified atom stereocenters. The summed E-state index contributed by atoms with van der Waals surface area (Å²) in [4.78, 5) is 18.6. The molecule has 2 rings (SSSR count). The number of carboxylic acid groups (broad SMARTS) is 1. The van der Waals surface area contributed by atoms with E-state index in [1.54, 1.807) is 0 Å². The van der Waals surface area contributed by atoms with Gasteiger partial charge in [-0.1, -0.05) is 11.8 Å². The summed E-state index contributed by atoms with van der Waals surface area (Å²) in [6.07, 6.45) is 3.33. The van der Waals surface area contributed by atoms with Gasteiger partial charge in [0.05, 0.1) is 11.1 Å². The third-order valence-corrected chi connectivity index (χ3v) is 2.95. The second-order valence-electron chi connectivity index (χ2n) is 3.03. The summed E-state index contributed by atoms with van der Waals surface area (Å²) in [5, 5.41) is 10.2. The minimum atomic E-state index is -0.845. The SMILES string of the molecule is Cn1ccc2c(SCC(=O)O)ncnc21. The molecule has 0 fully saturated rings. The maximum absolute atomic E-state index is 10.4. The first kappa shape index (κ1) is 9.97. The molecule has 6 heteroatoms. The van der Waals surface area contributed by atoms with Gasteiger partial charge in [0.1, 0.15) is 17.0 Å². The molecular weight excluding hydrogens is 214 g/mol. The zero-order valence-electron chi connectivity index (χ0n) is 8.04. The van der Waals surface area contributed by atoms with Crippen molar-refractivity contribution in [2.24, 2.45) is 7.05 Å². The first-order valence-electron chi connectivity index (χ1n) is 4.29. The lowest BCUT2D eigenvalue weighted by atomic mass is 10.4. The molecule has 0 spiro atoms. The van der Waals surface area contributed by atoms with Crippen LogP contribution in [0.1, 0.15) is 0 Å². The van der Waals surface area contributed by atoms with Crippen LogP contribution in [-0.2, 0) is 11.8 Å². The molecule has 0 radical (unpaired) electrons. The second-order valence-corrected chi connectivity index (χ2v) is 3.99. The highest BCUT2D eigenvalue weighted by molar-refractivity contribution is 8.00. The van der Waals surface area contributed by atoms with Crippen molar-refractivity contribution in [1.82, 2.24) is 14.5 Å². The van der Waals surface area contributed by atoms with Crippen LogP contribution in [0.2, 0.25) is 0 Å². The van der Waals surface area contributed by atoms with Crippen LogP contribution >= 0.6 is 11.8 Å². The number of hydrogen-bond donors (Lipinski definition) is 1. The molecule has 0 bridgehead atoms. The number of rotatable bonds is 3. The third-order valence-electron chi connectivity index (χ3n) is 1.96. The standard InChI is InChI=1S/C9H9N3O2S/c1-12-3-2-6-8(12)10-5-11-9(6)15-4-7(13)14/h2-3,5H,4H2,1H3,(H,13,14). The molecule has 0 saturated heterocycles. The van der Waals surface area contributed by atoms with Crippen LogP contribution < -0.4 is 0 Å². The molecule has 78 valence electrons. The second kappa shape index (κ2) is 3.90. The highest BCUT2D eigenvalue weighted by Gasteiger charge is 2.08. The van der Waals surface area contributed by atoms with Crippen LogP contribution in [0.3, 0.4) is 0 Å². The van der Waals surface area contributed by atoms with Gasteiger partial charge in [-0.2, -0.15) is 0 Å². The van der Waals surface area contributed by atoms with E-state index in [9.17, 15) is 4.79 Å². The quantitative estimate of drug-likeness (QED) is 0.624. The lowest BCUT2D eigenvalue weighted by molar-refractivity contribution is -0.133. The summed E-state index contributed by atoms with van der Waals surface area (Å²) >= 11 is 1.21. The normalized spacial score (nSPS) is 10.7. The van der Waals surface area contributed by atoms with Gasteiger partial charge in [0, 0.05) is 13.2 Å². The van der Waals surface area contributed by atoms with Crippen molar-refractivity contribution in [3.8, 4) is 0 Å². The van der Waals surface area contributed by atoms with E-state index in [0.717, 1.165) is 11.0 Å². The average Bonchev–Trinajstić information content (AvgIpc) is 2.58. The van der Waals surface area contributed by atoms with Crippen LogP contribution in [0.5, 0.6) is 0 Å². The Morgan fingerprint density at radius 3 is 3.13 bits per heavy atom. The molecule has 0 aliphatic rings. The van der Waals surface area contributed by atoms with Gasteiger partial charge in [-0.25, -0.2) is 9.97 Å². The van der Waals surface area contributed by atoms with E-state index in [2.05, 4.69) is 9.97 Å². The van der Waals surface area contributed by atoms with E-state index < -0.39 is 5.97 Å². The van der Waals surface area contributed by atoms with E-state index >= 15 is 0 Å². The molecular formula is C9H9N3O2S. The Hall–Kier alpha value is -1.56. The van der Waals surface area contributed by atoms with E-state index in [-0.39, 0.29) is 5.75 Å². The molecule has 5 nitrogen and oxygen atoms in total. The Morgan fingerprint density at radius 1 is 1.60 bits per heavy atom. The first-order chi connectivity index (χ1) is 7.18. The van der Waals surface area contributed by atoms with Gasteiger partial charge in [0.25, 0.3) is 0 Å². The zero-order valence-corrected chi connectivity index (χ0v) is 8.86. The lowest BCUT2D eigenvalue weighted by Crippen LogP contribution is -1.98. The fraction of sp³-hybridized carbons (Fsp3) is 0.222. The predicted molar refractivity (Wildman–Crippen MR) is 56.9 cm³/mol. The van der Waals surface area contributed by atoms with Crippen molar-refractivity contribution < 1.29 is 9.90 Å². The summed E-state index contributed by atoms with van der Waals surface area (Å²) < 4.78 is 1.88. The van der Waals surface area contributed by atoms with E-state index in [4.69, 9.17) is 5.11 Å². The number of fused-ring (bicyclic) bond motifs is 1. The molecule has 1 N–H and O–H groups in total. The number of thioether (sulfide) groups is 1. The summed E-state index contributed by atoms with van der Waals surface area (Å²) in [7, 11) is 1.89. The minimum Gasteiger partial charge on any atom is -0.481 e. The van der Waals surface area contributed by atoms with Crippen molar-refractivity contribution in [1.29, 1.82) is 0 Å². The topological polar surface area (TPSA) is 68.0 Å². The molecule has 0 aromatic carbocycles. The van der Waals surface area contributed by atoms with Crippen molar-refractivity contribution >= 4 is 28.8 Å². The van der Waals surface area contributed by atoms with Crippen LogP contribution in [-0.4, -0.2) is 31.4 Å². The number of carboxylic acids is 1. The highest BCUT2D eigenvalue weighted by Crippen LogP contribution is 2.24. The van der Waals surface area contributed by atoms with Gasteiger partial charge in [-0.05, 0) is 6.07 Å². The maximum atomic E-state index is 10.4. The van der Waals surface area contributed by atoms with Gasteiger partial charge >= 0.3 is 5.97 Å². The monoisotopic (exact) mass is 223 g/mol. The molecule has 2 aromatic rings. The molecule has 2 heterocycles. The zero-order chi connectivity index (χ0) is 10.8. The number of aliphatic carboxylic acids is 1. The van der Waals surface area contributed by atoms with Crippen molar-refractivity contribution in [3.63, 3.8) is 0 Å². The summed E-state index contributed by atoms with van der Waals surface area (Å²) in [6, 6.07) is 1.89. The predicted octanol–water partition coefficient (Wildman–Crippen LogP) is 1.14. The molecule has 0 atom stereocenters.